The van der Waals surface area contributed by atoms with Gasteiger partial charge in [0.25, 0.3) is 10.0 Å². The number of benzene rings is 3. The molecule has 1 saturated heterocycles. The molecule has 0 saturated carbocycles. The van der Waals surface area contributed by atoms with Gasteiger partial charge in [0, 0.05) is 24.7 Å². The van der Waals surface area contributed by atoms with Gasteiger partial charge in [-0.3, -0.25) is 4.72 Å². The van der Waals surface area contributed by atoms with E-state index in [4.69, 9.17) is 25.8 Å². The van der Waals surface area contributed by atoms with Crippen LogP contribution in [0.25, 0.3) is 11.1 Å². The number of rotatable bonds is 8. The smallest absolute Gasteiger partial charge is 0.263 e. The number of hydrogen-bond donors (Lipinski definition) is 1. The van der Waals surface area contributed by atoms with Gasteiger partial charge < -0.3 is 19.1 Å². The summed E-state index contributed by atoms with van der Waals surface area (Å²) < 4.78 is 47.4. The van der Waals surface area contributed by atoms with Gasteiger partial charge in [0.05, 0.1) is 29.4 Å². The summed E-state index contributed by atoms with van der Waals surface area (Å²) in [4.78, 5) is 2.20. The van der Waals surface area contributed by atoms with Crippen LogP contribution >= 0.6 is 27.5 Å². The van der Waals surface area contributed by atoms with Crippen LogP contribution in [0.5, 0.6) is 17.2 Å². The van der Waals surface area contributed by atoms with Crippen LogP contribution < -0.4 is 18.9 Å². The Morgan fingerprint density at radius 1 is 1.06 bits per heavy atom. The van der Waals surface area contributed by atoms with Crippen LogP contribution in [0.2, 0.25) is 5.02 Å². The van der Waals surface area contributed by atoms with E-state index in [2.05, 4.69) is 25.6 Å². The highest BCUT2D eigenvalue weighted by atomic mass is 79.9. The average Bonchev–Trinajstić information content (AvgIpc) is 3.25. The molecule has 35 heavy (non-hydrogen) atoms. The van der Waals surface area contributed by atoms with Crippen LogP contribution in [0.15, 0.2) is 64.0 Å². The normalized spacial score (nSPS) is 16.2. The Labute approximate surface area is 219 Å². The molecule has 0 radical (unpaired) electrons. The fourth-order valence-electron chi connectivity index (χ4n) is 4.06. The SMILES string of the molecule is COc1cc(-c2ccccc2)c(S(=O)(=O)Nc2ccc(Cl)c(O[C@@H]3CCN(C)C3)c2)c(Br)c1OC. The lowest BCUT2D eigenvalue weighted by atomic mass is 10.1. The summed E-state index contributed by atoms with van der Waals surface area (Å²) in [6.07, 6.45) is 0.871. The van der Waals surface area contributed by atoms with E-state index in [1.165, 1.54) is 14.2 Å². The number of ether oxygens (including phenoxy) is 3. The molecule has 7 nitrogen and oxygen atoms in total. The largest absolute Gasteiger partial charge is 0.493 e. The maximum atomic E-state index is 13.8. The van der Waals surface area contributed by atoms with Gasteiger partial charge in [0.15, 0.2) is 11.5 Å². The molecule has 186 valence electrons. The van der Waals surface area contributed by atoms with Gasteiger partial charge in [-0.2, -0.15) is 0 Å². The first-order valence-electron chi connectivity index (χ1n) is 10.9. The molecule has 1 heterocycles. The molecule has 1 N–H and O–H groups in total. The Kier molecular flexibility index (Phi) is 7.80. The Balaban J connectivity index is 1.75. The second-order valence-corrected chi connectivity index (χ2v) is 11.0. The number of likely N-dealkylation sites (tertiary alicyclic amines) is 1. The molecule has 4 rings (SSSR count). The van der Waals surface area contributed by atoms with E-state index in [0.717, 1.165) is 19.5 Å². The van der Waals surface area contributed by atoms with Crippen LogP contribution in [-0.4, -0.2) is 53.8 Å². The van der Waals surface area contributed by atoms with Crippen LogP contribution in [0.1, 0.15) is 6.42 Å². The van der Waals surface area contributed by atoms with Crippen LogP contribution in [0.3, 0.4) is 0 Å². The fraction of sp³-hybridized carbons (Fsp3) is 0.280. The van der Waals surface area contributed by atoms with Gasteiger partial charge >= 0.3 is 0 Å². The Morgan fingerprint density at radius 2 is 1.80 bits per heavy atom. The summed E-state index contributed by atoms with van der Waals surface area (Å²) in [5.74, 6) is 1.11. The molecule has 1 fully saturated rings. The molecule has 0 unspecified atom stereocenters. The summed E-state index contributed by atoms with van der Waals surface area (Å²) in [5.41, 5.74) is 1.50. The number of methoxy groups -OCH3 is 2. The minimum Gasteiger partial charge on any atom is -0.493 e. The molecule has 0 spiro atoms. The zero-order chi connectivity index (χ0) is 25.2. The van der Waals surface area contributed by atoms with Crippen LogP contribution in [-0.2, 0) is 10.0 Å². The van der Waals surface area contributed by atoms with Crippen molar-refractivity contribution in [2.75, 3.05) is 39.1 Å². The predicted molar refractivity (Wildman–Crippen MR) is 141 cm³/mol. The molecule has 3 aromatic carbocycles. The van der Waals surface area contributed by atoms with Gasteiger partial charge in [-0.05, 0) is 53.2 Å². The molecule has 0 aromatic heterocycles. The third-order valence-corrected chi connectivity index (χ3v) is 8.54. The highest BCUT2D eigenvalue weighted by Crippen LogP contribution is 2.46. The van der Waals surface area contributed by atoms with Gasteiger partial charge in [-0.25, -0.2) is 8.42 Å². The van der Waals surface area contributed by atoms with E-state index in [9.17, 15) is 8.42 Å². The molecule has 10 heteroatoms. The predicted octanol–water partition coefficient (Wildman–Crippen LogP) is 5.67. The maximum Gasteiger partial charge on any atom is 0.263 e. The molecule has 3 aromatic rings. The number of anilines is 1. The summed E-state index contributed by atoms with van der Waals surface area (Å²) in [6, 6.07) is 15.7. The Hall–Kier alpha value is -2.46. The fourth-order valence-corrected chi connectivity index (χ4v) is 6.77. The van der Waals surface area contributed by atoms with Gasteiger partial charge in [0.1, 0.15) is 16.7 Å². The van der Waals surface area contributed by atoms with E-state index in [1.807, 2.05) is 37.4 Å². The highest BCUT2D eigenvalue weighted by molar-refractivity contribution is 9.10. The lowest BCUT2D eigenvalue weighted by Gasteiger charge is -2.20. The minimum atomic E-state index is -4.09. The first kappa shape index (κ1) is 25.6. The molecule has 1 atom stereocenters. The van der Waals surface area contributed by atoms with Crippen molar-refractivity contribution in [2.45, 2.75) is 17.4 Å². The zero-order valence-electron chi connectivity index (χ0n) is 19.5. The van der Waals surface area contributed by atoms with Crippen molar-refractivity contribution >= 4 is 43.2 Å². The van der Waals surface area contributed by atoms with Gasteiger partial charge in [-0.1, -0.05) is 41.9 Å². The molecule has 1 aliphatic heterocycles. The lowest BCUT2D eigenvalue weighted by Crippen LogP contribution is -2.21. The molecule has 0 aliphatic carbocycles. The highest BCUT2D eigenvalue weighted by Gasteiger charge is 2.29. The number of sulfonamides is 1. The Bertz CT molecular complexity index is 1320. The number of nitrogens with zero attached hydrogens (tertiary/aromatic N) is 1. The van der Waals surface area contributed by atoms with Crippen LogP contribution in [0, 0.1) is 0 Å². The number of nitrogens with one attached hydrogen (secondary N) is 1. The second kappa shape index (κ2) is 10.7. The van der Waals surface area contributed by atoms with Crippen molar-refractivity contribution in [3.63, 3.8) is 0 Å². The monoisotopic (exact) mass is 580 g/mol. The van der Waals surface area contributed by atoms with E-state index in [0.29, 0.717) is 33.3 Å². The van der Waals surface area contributed by atoms with E-state index in [1.54, 1.807) is 24.3 Å². The summed E-state index contributed by atoms with van der Waals surface area (Å²) in [5, 5.41) is 0.416. The van der Waals surface area contributed by atoms with E-state index < -0.39 is 10.0 Å². The average molecular weight is 582 g/mol. The quantitative estimate of drug-likeness (QED) is 0.369. The summed E-state index contributed by atoms with van der Waals surface area (Å²) in [7, 11) is 0.902. The first-order chi connectivity index (χ1) is 16.7. The van der Waals surface area contributed by atoms with Gasteiger partial charge in [0.2, 0.25) is 0 Å². The molecular weight excluding hydrogens is 556 g/mol. The van der Waals surface area contributed by atoms with Crippen LogP contribution in [0.4, 0.5) is 5.69 Å². The van der Waals surface area contributed by atoms with Crippen molar-refractivity contribution in [1.82, 2.24) is 4.90 Å². The number of hydrogen-bond acceptors (Lipinski definition) is 6. The number of halogens is 2. The zero-order valence-corrected chi connectivity index (χ0v) is 22.7. The standard InChI is InChI=1S/C25H26BrClN2O5S/c1-29-12-11-18(15-29)34-21-13-17(9-10-20(21)27)28-35(30,31)25-19(16-7-5-4-6-8-16)14-22(32-2)24(33-3)23(25)26/h4-10,13-14,18,28H,11-12,15H2,1-3H3/t18-/m1/s1. The second-order valence-electron chi connectivity index (χ2n) is 8.21. The molecule has 1 aliphatic rings. The maximum absolute atomic E-state index is 13.8. The van der Waals surface area contributed by atoms with Crippen molar-refractivity contribution in [1.29, 1.82) is 0 Å². The van der Waals surface area contributed by atoms with E-state index in [-0.39, 0.29) is 21.2 Å². The topological polar surface area (TPSA) is 77.1 Å². The first-order valence-corrected chi connectivity index (χ1v) is 13.6. The third kappa shape index (κ3) is 5.53. The Morgan fingerprint density at radius 3 is 2.43 bits per heavy atom. The van der Waals surface area contributed by atoms with E-state index >= 15 is 0 Å². The lowest BCUT2D eigenvalue weighted by molar-refractivity contribution is 0.208. The minimum absolute atomic E-state index is 0.00552. The molecular formula is C25H26BrClN2O5S. The third-order valence-electron chi connectivity index (χ3n) is 5.75. The molecule has 0 bridgehead atoms. The van der Waals surface area contributed by atoms with Gasteiger partial charge in [-0.15, -0.1) is 0 Å². The van der Waals surface area contributed by atoms with Crippen molar-refractivity contribution < 1.29 is 22.6 Å². The molecule has 0 amide bonds. The number of likely N-dealkylation sites (N-methyl/N-ethyl adjacent to an activating group) is 1. The van der Waals surface area contributed by atoms with Crippen molar-refractivity contribution in [3.8, 4) is 28.4 Å². The van der Waals surface area contributed by atoms with Crippen molar-refractivity contribution in [2.24, 2.45) is 0 Å². The summed E-state index contributed by atoms with van der Waals surface area (Å²) in [6.45, 7) is 1.72. The van der Waals surface area contributed by atoms with Crippen molar-refractivity contribution in [3.05, 3.63) is 64.1 Å². The summed E-state index contributed by atoms with van der Waals surface area (Å²) >= 11 is 9.79.